The second-order valence-electron chi connectivity index (χ2n) is 6.47. The molecule has 21 heavy (non-hydrogen) atoms. The van der Waals surface area contributed by atoms with Gasteiger partial charge in [-0.3, -0.25) is 0 Å². The fraction of sp³-hybridized carbons (Fsp3) is 0.400. The summed E-state index contributed by atoms with van der Waals surface area (Å²) in [5.74, 6) is 0. The highest BCUT2D eigenvalue weighted by Gasteiger charge is 2.40. The van der Waals surface area contributed by atoms with Crippen LogP contribution in [0, 0.1) is 6.92 Å². The van der Waals surface area contributed by atoms with Gasteiger partial charge in [0.2, 0.25) is 0 Å². The van der Waals surface area contributed by atoms with Crippen molar-refractivity contribution < 1.29 is 0 Å². The molecule has 0 radical (unpaired) electrons. The number of rotatable bonds is 4. The second kappa shape index (κ2) is 6.03. The minimum absolute atomic E-state index is 0.170. The summed E-state index contributed by atoms with van der Waals surface area (Å²) in [6, 6.07) is 19.8. The van der Waals surface area contributed by atoms with E-state index in [1.807, 2.05) is 0 Å². The third kappa shape index (κ3) is 2.75. The highest BCUT2D eigenvalue weighted by atomic mass is 14.7. The molecule has 2 aromatic carbocycles. The molecule has 0 spiro atoms. The third-order valence-electron chi connectivity index (χ3n) is 5.26. The number of hydrogen-bond donors (Lipinski definition) is 1. The minimum atomic E-state index is 0.170. The molecule has 0 bridgehead atoms. The van der Waals surface area contributed by atoms with Crippen LogP contribution in [-0.2, 0) is 11.8 Å². The van der Waals surface area contributed by atoms with Gasteiger partial charge in [-0.2, -0.15) is 0 Å². The highest BCUT2D eigenvalue weighted by Crippen LogP contribution is 2.44. The van der Waals surface area contributed by atoms with Gasteiger partial charge in [-0.15, -0.1) is 0 Å². The third-order valence-corrected chi connectivity index (χ3v) is 5.26. The molecule has 2 aromatic rings. The zero-order valence-electron chi connectivity index (χ0n) is 12.9. The summed E-state index contributed by atoms with van der Waals surface area (Å²) in [5, 5.41) is 0. The molecule has 1 heteroatoms. The monoisotopic (exact) mass is 279 g/mol. The lowest BCUT2D eigenvalue weighted by Gasteiger charge is -2.36. The lowest BCUT2D eigenvalue weighted by atomic mass is 9.71. The van der Waals surface area contributed by atoms with Crippen molar-refractivity contribution in [2.75, 3.05) is 0 Å². The van der Waals surface area contributed by atoms with Crippen molar-refractivity contribution in [3.8, 4) is 0 Å². The molecule has 0 aromatic heterocycles. The zero-order valence-corrected chi connectivity index (χ0v) is 12.9. The number of nitrogens with two attached hydrogens (primary N) is 1. The molecule has 1 nitrogen and oxygen atoms in total. The lowest BCUT2D eigenvalue weighted by molar-refractivity contribution is 0.347. The first-order chi connectivity index (χ1) is 10.2. The quantitative estimate of drug-likeness (QED) is 0.883. The van der Waals surface area contributed by atoms with E-state index in [0.717, 1.165) is 6.42 Å². The van der Waals surface area contributed by atoms with Gasteiger partial charge in [-0.25, -0.2) is 0 Å². The van der Waals surface area contributed by atoms with Crippen molar-refractivity contribution in [1.29, 1.82) is 0 Å². The molecule has 1 fully saturated rings. The molecule has 0 saturated heterocycles. The van der Waals surface area contributed by atoms with Crippen LogP contribution in [0.15, 0.2) is 54.6 Å². The van der Waals surface area contributed by atoms with Crippen molar-refractivity contribution in [2.45, 2.75) is 50.5 Å². The molecule has 1 atom stereocenters. The standard InChI is InChI=1S/C20H25N/c1-16-9-5-6-10-17(16)15-19(21)20(13-7-8-14-20)18-11-3-2-4-12-18/h2-6,9-12,19H,7-8,13-15,21H2,1H3. The summed E-state index contributed by atoms with van der Waals surface area (Å²) in [4.78, 5) is 0. The lowest BCUT2D eigenvalue weighted by Crippen LogP contribution is -2.45. The SMILES string of the molecule is Cc1ccccc1CC(N)C1(c2ccccc2)CCCC1. The van der Waals surface area contributed by atoms with Crippen LogP contribution >= 0.6 is 0 Å². The van der Waals surface area contributed by atoms with Gasteiger partial charge in [0.1, 0.15) is 0 Å². The van der Waals surface area contributed by atoms with Gasteiger partial charge in [0.05, 0.1) is 0 Å². The van der Waals surface area contributed by atoms with E-state index in [4.69, 9.17) is 5.73 Å². The van der Waals surface area contributed by atoms with Gasteiger partial charge in [0.15, 0.2) is 0 Å². The van der Waals surface area contributed by atoms with Crippen LogP contribution in [0.1, 0.15) is 42.4 Å². The van der Waals surface area contributed by atoms with Crippen molar-refractivity contribution in [1.82, 2.24) is 0 Å². The molecule has 110 valence electrons. The Kier molecular flexibility index (Phi) is 4.12. The normalized spacial score (nSPS) is 18.6. The fourth-order valence-corrected chi connectivity index (χ4v) is 3.92. The molecule has 1 aliphatic carbocycles. The van der Waals surface area contributed by atoms with Crippen molar-refractivity contribution >= 4 is 0 Å². The first-order valence-electron chi connectivity index (χ1n) is 8.08. The predicted octanol–water partition coefficient (Wildman–Crippen LogP) is 4.38. The Balaban J connectivity index is 1.90. The van der Waals surface area contributed by atoms with Crippen LogP contribution in [0.3, 0.4) is 0 Å². The second-order valence-corrected chi connectivity index (χ2v) is 6.47. The van der Waals surface area contributed by atoms with Gasteiger partial charge in [0, 0.05) is 11.5 Å². The maximum absolute atomic E-state index is 6.75. The van der Waals surface area contributed by atoms with Crippen LogP contribution in [0.4, 0.5) is 0 Å². The van der Waals surface area contributed by atoms with E-state index in [1.54, 1.807) is 0 Å². The predicted molar refractivity (Wildman–Crippen MR) is 89.4 cm³/mol. The van der Waals surface area contributed by atoms with E-state index in [0.29, 0.717) is 0 Å². The van der Waals surface area contributed by atoms with E-state index in [1.165, 1.54) is 42.4 Å². The molecule has 2 N–H and O–H groups in total. The summed E-state index contributed by atoms with van der Waals surface area (Å²) in [6.07, 6.45) is 6.03. The highest BCUT2D eigenvalue weighted by molar-refractivity contribution is 5.32. The average Bonchev–Trinajstić information content (AvgIpc) is 3.01. The maximum Gasteiger partial charge on any atom is 0.0177 e. The molecule has 0 amide bonds. The Morgan fingerprint density at radius 1 is 0.952 bits per heavy atom. The first kappa shape index (κ1) is 14.3. The van der Waals surface area contributed by atoms with Gasteiger partial charge in [0.25, 0.3) is 0 Å². The van der Waals surface area contributed by atoms with Crippen molar-refractivity contribution in [3.63, 3.8) is 0 Å². The molecule has 3 rings (SSSR count). The molecule has 1 aliphatic rings. The number of hydrogen-bond acceptors (Lipinski definition) is 1. The van der Waals surface area contributed by atoms with Crippen LogP contribution < -0.4 is 5.73 Å². The van der Waals surface area contributed by atoms with E-state index >= 15 is 0 Å². The zero-order chi connectivity index (χ0) is 14.7. The summed E-state index contributed by atoms with van der Waals surface area (Å²) in [7, 11) is 0. The van der Waals surface area contributed by atoms with E-state index in [2.05, 4.69) is 61.5 Å². The maximum atomic E-state index is 6.75. The van der Waals surface area contributed by atoms with Crippen LogP contribution in [-0.4, -0.2) is 6.04 Å². The molecule has 1 saturated carbocycles. The van der Waals surface area contributed by atoms with Gasteiger partial charge in [-0.1, -0.05) is 67.4 Å². The van der Waals surface area contributed by atoms with Crippen molar-refractivity contribution in [2.24, 2.45) is 5.73 Å². The minimum Gasteiger partial charge on any atom is -0.327 e. The molecule has 0 heterocycles. The Morgan fingerprint density at radius 3 is 2.24 bits per heavy atom. The molecule has 0 aliphatic heterocycles. The van der Waals surface area contributed by atoms with Crippen LogP contribution in [0.25, 0.3) is 0 Å². The van der Waals surface area contributed by atoms with Crippen molar-refractivity contribution in [3.05, 3.63) is 71.3 Å². The first-order valence-corrected chi connectivity index (χ1v) is 8.08. The van der Waals surface area contributed by atoms with E-state index < -0.39 is 0 Å². The number of aryl methyl sites for hydroxylation is 1. The average molecular weight is 279 g/mol. The molecular formula is C20H25N. The Labute approximate surface area is 128 Å². The Morgan fingerprint density at radius 2 is 1.57 bits per heavy atom. The summed E-state index contributed by atoms with van der Waals surface area (Å²) in [6.45, 7) is 2.19. The van der Waals surface area contributed by atoms with Crippen LogP contribution in [0.2, 0.25) is 0 Å². The summed E-state index contributed by atoms with van der Waals surface area (Å²) < 4.78 is 0. The topological polar surface area (TPSA) is 26.0 Å². The fourth-order valence-electron chi connectivity index (χ4n) is 3.92. The Bertz CT molecular complexity index is 582. The Hall–Kier alpha value is -1.60. The number of benzene rings is 2. The largest absolute Gasteiger partial charge is 0.327 e. The summed E-state index contributed by atoms with van der Waals surface area (Å²) in [5.41, 5.74) is 11.1. The molecular weight excluding hydrogens is 254 g/mol. The van der Waals surface area contributed by atoms with E-state index in [9.17, 15) is 0 Å². The van der Waals surface area contributed by atoms with Crippen LogP contribution in [0.5, 0.6) is 0 Å². The summed E-state index contributed by atoms with van der Waals surface area (Å²) >= 11 is 0. The molecule has 1 unspecified atom stereocenters. The van der Waals surface area contributed by atoms with Gasteiger partial charge in [-0.05, 0) is 42.9 Å². The van der Waals surface area contributed by atoms with Gasteiger partial charge >= 0.3 is 0 Å². The smallest absolute Gasteiger partial charge is 0.0177 e. The van der Waals surface area contributed by atoms with E-state index in [-0.39, 0.29) is 11.5 Å². The van der Waals surface area contributed by atoms with Gasteiger partial charge < -0.3 is 5.73 Å².